The molecule has 1 aromatic rings. The molecule has 0 atom stereocenters. The van der Waals surface area contributed by atoms with Crippen LogP contribution in [-0.2, 0) is 6.42 Å². The molecule has 0 N–H and O–H groups in total. The lowest BCUT2D eigenvalue weighted by Crippen LogP contribution is -1.95. The van der Waals surface area contributed by atoms with Gasteiger partial charge in [0.25, 0.3) is 0 Å². The van der Waals surface area contributed by atoms with Crippen molar-refractivity contribution in [2.45, 2.75) is 25.7 Å². The van der Waals surface area contributed by atoms with Gasteiger partial charge in [-0.2, -0.15) is 0 Å². The lowest BCUT2D eigenvalue weighted by Gasteiger charge is -2.03. The number of hydrogen-bond donors (Lipinski definition) is 0. The third kappa shape index (κ3) is 3.05. The van der Waals surface area contributed by atoms with Crippen LogP contribution in [0.1, 0.15) is 24.8 Å². The molecular weight excluding hydrogens is 189 g/mol. The standard InChI is InChI=1S/C11H13F3/c12-8-3-1-2-5-9-10(13)6-4-7-11(9)14/h4,6-7H,1-3,5,8H2. The Balaban J connectivity index is 2.49. The Bertz CT molecular complexity index is 264. The minimum Gasteiger partial charge on any atom is -0.251 e. The van der Waals surface area contributed by atoms with Gasteiger partial charge in [-0.3, -0.25) is 4.39 Å². The molecule has 0 nitrogen and oxygen atoms in total. The molecule has 0 aromatic heterocycles. The van der Waals surface area contributed by atoms with Crippen LogP contribution in [0, 0.1) is 11.6 Å². The van der Waals surface area contributed by atoms with Gasteiger partial charge >= 0.3 is 0 Å². The van der Waals surface area contributed by atoms with E-state index in [9.17, 15) is 13.2 Å². The fourth-order valence-electron chi connectivity index (χ4n) is 1.34. The van der Waals surface area contributed by atoms with Gasteiger partial charge in [-0.05, 0) is 31.4 Å². The largest absolute Gasteiger partial charge is 0.251 e. The summed E-state index contributed by atoms with van der Waals surface area (Å²) < 4.78 is 37.8. The molecule has 0 radical (unpaired) electrons. The van der Waals surface area contributed by atoms with Gasteiger partial charge in [0.05, 0.1) is 6.67 Å². The van der Waals surface area contributed by atoms with E-state index in [1.165, 1.54) is 18.2 Å². The summed E-state index contributed by atoms with van der Waals surface area (Å²) in [7, 11) is 0. The molecule has 0 amide bonds. The van der Waals surface area contributed by atoms with Crippen molar-refractivity contribution < 1.29 is 13.2 Å². The van der Waals surface area contributed by atoms with Gasteiger partial charge in [-0.1, -0.05) is 12.5 Å². The maximum Gasteiger partial charge on any atom is 0.129 e. The van der Waals surface area contributed by atoms with Gasteiger partial charge in [0.1, 0.15) is 11.6 Å². The number of alkyl halides is 1. The van der Waals surface area contributed by atoms with Crippen molar-refractivity contribution in [2.75, 3.05) is 6.67 Å². The molecule has 14 heavy (non-hydrogen) atoms. The number of halogens is 3. The second-order valence-electron chi connectivity index (χ2n) is 3.20. The lowest BCUT2D eigenvalue weighted by atomic mass is 10.1. The van der Waals surface area contributed by atoms with Crippen LogP contribution >= 0.6 is 0 Å². The van der Waals surface area contributed by atoms with Gasteiger partial charge in [-0.15, -0.1) is 0 Å². The summed E-state index contributed by atoms with van der Waals surface area (Å²) in [6.45, 7) is -0.361. The Morgan fingerprint density at radius 3 is 2.14 bits per heavy atom. The number of rotatable bonds is 5. The van der Waals surface area contributed by atoms with Crippen LogP contribution in [0.3, 0.4) is 0 Å². The monoisotopic (exact) mass is 202 g/mol. The van der Waals surface area contributed by atoms with Gasteiger partial charge in [0.2, 0.25) is 0 Å². The maximum atomic E-state index is 13.0. The van der Waals surface area contributed by atoms with Gasteiger partial charge in [0.15, 0.2) is 0 Å². The molecule has 3 heteroatoms. The second kappa shape index (κ2) is 5.68. The zero-order valence-electron chi connectivity index (χ0n) is 7.90. The average Bonchev–Trinajstić information content (AvgIpc) is 2.16. The topological polar surface area (TPSA) is 0 Å². The van der Waals surface area contributed by atoms with Crippen molar-refractivity contribution in [3.8, 4) is 0 Å². The van der Waals surface area contributed by atoms with E-state index in [1.807, 2.05) is 0 Å². The van der Waals surface area contributed by atoms with Crippen LogP contribution in [0.15, 0.2) is 18.2 Å². The summed E-state index contributed by atoms with van der Waals surface area (Å²) in [5.41, 5.74) is 0.117. The molecule has 0 saturated carbocycles. The minimum absolute atomic E-state index is 0.117. The molecule has 0 heterocycles. The average molecular weight is 202 g/mol. The van der Waals surface area contributed by atoms with Crippen molar-refractivity contribution in [3.05, 3.63) is 35.4 Å². The molecule has 1 rings (SSSR count). The summed E-state index contributed by atoms with van der Waals surface area (Å²) in [5, 5.41) is 0. The van der Waals surface area contributed by atoms with E-state index in [0.29, 0.717) is 25.7 Å². The van der Waals surface area contributed by atoms with Gasteiger partial charge in [0, 0.05) is 5.56 Å². The van der Waals surface area contributed by atoms with Crippen LogP contribution in [0.2, 0.25) is 0 Å². The van der Waals surface area contributed by atoms with Crippen LogP contribution in [-0.4, -0.2) is 6.67 Å². The molecule has 0 aliphatic rings. The fraction of sp³-hybridized carbons (Fsp3) is 0.455. The fourth-order valence-corrected chi connectivity index (χ4v) is 1.34. The predicted octanol–water partition coefficient (Wildman–Crippen LogP) is 3.65. The number of hydrogen-bond acceptors (Lipinski definition) is 0. The molecule has 0 spiro atoms. The summed E-state index contributed by atoms with van der Waals surface area (Å²) in [6.07, 6.45) is 2.11. The number of unbranched alkanes of at least 4 members (excludes halogenated alkanes) is 2. The zero-order valence-corrected chi connectivity index (χ0v) is 7.90. The van der Waals surface area contributed by atoms with Crippen molar-refractivity contribution in [3.63, 3.8) is 0 Å². The maximum absolute atomic E-state index is 13.0. The van der Waals surface area contributed by atoms with E-state index < -0.39 is 11.6 Å². The molecule has 0 saturated heterocycles. The first kappa shape index (κ1) is 11.1. The highest BCUT2D eigenvalue weighted by atomic mass is 19.1. The van der Waals surface area contributed by atoms with E-state index in [-0.39, 0.29) is 12.2 Å². The highest BCUT2D eigenvalue weighted by Crippen LogP contribution is 2.15. The second-order valence-corrected chi connectivity index (χ2v) is 3.20. The normalized spacial score (nSPS) is 10.5. The smallest absolute Gasteiger partial charge is 0.129 e. The van der Waals surface area contributed by atoms with Crippen LogP contribution in [0.4, 0.5) is 13.2 Å². The summed E-state index contributed by atoms with van der Waals surface area (Å²) in [5.74, 6) is -1.02. The summed E-state index contributed by atoms with van der Waals surface area (Å²) in [4.78, 5) is 0. The van der Waals surface area contributed by atoms with E-state index >= 15 is 0 Å². The Morgan fingerprint density at radius 1 is 0.929 bits per heavy atom. The summed E-state index contributed by atoms with van der Waals surface area (Å²) in [6, 6.07) is 3.83. The molecule has 0 unspecified atom stereocenters. The third-order valence-electron chi connectivity index (χ3n) is 2.12. The molecular formula is C11H13F3. The van der Waals surface area contributed by atoms with Crippen molar-refractivity contribution >= 4 is 0 Å². The predicted molar refractivity (Wildman–Crippen MR) is 49.9 cm³/mol. The highest BCUT2D eigenvalue weighted by molar-refractivity contribution is 5.19. The number of benzene rings is 1. The summed E-state index contributed by atoms with van der Waals surface area (Å²) >= 11 is 0. The van der Waals surface area contributed by atoms with Crippen LogP contribution in [0.25, 0.3) is 0 Å². The molecule has 0 bridgehead atoms. The van der Waals surface area contributed by atoms with E-state index in [1.54, 1.807) is 0 Å². The Hall–Kier alpha value is -0.990. The molecule has 78 valence electrons. The molecule has 0 aliphatic carbocycles. The highest BCUT2D eigenvalue weighted by Gasteiger charge is 2.06. The minimum atomic E-state index is -0.509. The van der Waals surface area contributed by atoms with Gasteiger partial charge < -0.3 is 0 Å². The van der Waals surface area contributed by atoms with Crippen molar-refractivity contribution in [2.24, 2.45) is 0 Å². The lowest BCUT2D eigenvalue weighted by molar-refractivity contribution is 0.453. The molecule has 0 fully saturated rings. The Kier molecular flexibility index (Phi) is 4.50. The Labute approximate surface area is 81.8 Å². The van der Waals surface area contributed by atoms with Crippen molar-refractivity contribution in [1.82, 2.24) is 0 Å². The molecule has 1 aromatic carbocycles. The van der Waals surface area contributed by atoms with Crippen LogP contribution in [0.5, 0.6) is 0 Å². The first-order valence-electron chi connectivity index (χ1n) is 4.74. The van der Waals surface area contributed by atoms with E-state index in [0.717, 1.165) is 0 Å². The van der Waals surface area contributed by atoms with E-state index in [4.69, 9.17) is 0 Å². The Morgan fingerprint density at radius 2 is 1.57 bits per heavy atom. The quantitative estimate of drug-likeness (QED) is 0.639. The third-order valence-corrected chi connectivity index (χ3v) is 2.12. The molecule has 0 aliphatic heterocycles. The first-order chi connectivity index (χ1) is 6.75. The zero-order chi connectivity index (χ0) is 10.4. The van der Waals surface area contributed by atoms with E-state index in [2.05, 4.69) is 0 Å². The first-order valence-corrected chi connectivity index (χ1v) is 4.74. The van der Waals surface area contributed by atoms with Crippen LogP contribution < -0.4 is 0 Å². The van der Waals surface area contributed by atoms with Crippen molar-refractivity contribution in [1.29, 1.82) is 0 Å². The SMILES string of the molecule is FCCCCCc1c(F)cccc1F. The van der Waals surface area contributed by atoms with Gasteiger partial charge in [-0.25, -0.2) is 8.78 Å².